The van der Waals surface area contributed by atoms with Gasteiger partial charge in [0.2, 0.25) is 0 Å². The first kappa shape index (κ1) is 14.6. The van der Waals surface area contributed by atoms with E-state index in [4.69, 9.17) is 16.3 Å². The third-order valence-electron chi connectivity index (χ3n) is 2.62. The van der Waals surface area contributed by atoms with Crippen molar-refractivity contribution in [2.45, 2.75) is 25.8 Å². The lowest BCUT2D eigenvalue weighted by Gasteiger charge is -2.25. The van der Waals surface area contributed by atoms with Crippen LogP contribution in [-0.4, -0.2) is 29.5 Å². The molecule has 0 heterocycles. The highest BCUT2D eigenvalue weighted by molar-refractivity contribution is 6.17. The smallest absolute Gasteiger partial charge is 0.255 e. The summed E-state index contributed by atoms with van der Waals surface area (Å²) in [5.41, 5.74) is -0.191. The summed E-state index contributed by atoms with van der Waals surface area (Å²) in [6, 6.07) is 4.56. The van der Waals surface area contributed by atoms with Crippen molar-refractivity contribution < 1.29 is 14.6 Å². The standard InChI is InChI=1S/C13H18ClNO3/c1-13(2,6-7-14)15-12(17)10-5-4-9(18-3)8-11(10)16/h4-5,8,16H,6-7H2,1-3H3,(H,15,17). The summed E-state index contributed by atoms with van der Waals surface area (Å²) in [5.74, 6) is 0.532. The maximum Gasteiger partial charge on any atom is 0.255 e. The van der Waals surface area contributed by atoms with Crippen molar-refractivity contribution in [2.75, 3.05) is 13.0 Å². The fraction of sp³-hybridized carbons (Fsp3) is 0.462. The molecule has 0 unspecified atom stereocenters. The Balaban J connectivity index is 2.85. The minimum Gasteiger partial charge on any atom is -0.507 e. The van der Waals surface area contributed by atoms with E-state index in [0.717, 1.165) is 0 Å². The molecule has 5 heteroatoms. The number of aromatic hydroxyl groups is 1. The quantitative estimate of drug-likeness (QED) is 0.809. The highest BCUT2D eigenvalue weighted by Crippen LogP contribution is 2.24. The number of amides is 1. The molecule has 0 bridgehead atoms. The highest BCUT2D eigenvalue weighted by Gasteiger charge is 2.22. The number of methoxy groups -OCH3 is 1. The van der Waals surface area contributed by atoms with Crippen LogP contribution >= 0.6 is 11.6 Å². The summed E-state index contributed by atoms with van der Waals surface area (Å²) in [7, 11) is 1.50. The van der Waals surface area contributed by atoms with Crippen molar-refractivity contribution >= 4 is 17.5 Å². The Kier molecular flexibility index (Phi) is 4.84. The van der Waals surface area contributed by atoms with Crippen LogP contribution < -0.4 is 10.1 Å². The lowest BCUT2D eigenvalue weighted by molar-refractivity contribution is 0.0909. The second kappa shape index (κ2) is 5.96. The number of phenols is 1. The first-order valence-electron chi connectivity index (χ1n) is 5.65. The molecular formula is C13H18ClNO3. The van der Waals surface area contributed by atoms with Gasteiger partial charge in [-0.1, -0.05) is 0 Å². The van der Waals surface area contributed by atoms with E-state index in [0.29, 0.717) is 18.1 Å². The lowest BCUT2D eigenvalue weighted by Crippen LogP contribution is -2.43. The highest BCUT2D eigenvalue weighted by atomic mass is 35.5. The predicted molar refractivity (Wildman–Crippen MR) is 71.5 cm³/mol. The molecule has 2 N–H and O–H groups in total. The first-order valence-corrected chi connectivity index (χ1v) is 6.18. The third kappa shape index (κ3) is 3.81. The Hall–Kier alpha value is -1.42. The van der Waals surface area contributed by atoms with Gasteiger partial charge in [0.1, 0.15) is 11.5 Å². The van der Waals surface area contributed by atoms with Gasteiger partial charge in [0.15, 0.2) is 0 Å². The van der Waals surface area contributed by atoms with Gasteiger partial charge in [-0.15, -0.1) is 11.6 Å². The van der Waals surface area contributed by atoms with Gasteiger partial charge in [0.05, 0.1) is 12.7 Å². The van der Waals surface area contributed by atoms with E-state index in [1.165, 1.54) is 19.2 Å². The molecule has 0 atom stereocenters. The second-order valence-electron chi connectivity index (χ2n) is 4.66. The van der Waals surface area contributed by atoms with Gasteiger partial charge in [0, 0.05) is 17.5 Å². The Bertz CT molecular complexity index is 432. The van der Waals surface area contributed by atoms with Crippen LogP contribution in [0.25, 0.3) is 0 Å². The van der Waals surface area contributed by atoms with Crippen molar-refractivity contribution in [1.82, 2.24) is 5.32 Å². The summed E-state index contributed by atoms with van der Waals surface area (Å²) in [4.78, 5) is 12.0. The minimum atomic E-state index is -0.412. The molecule has 18 heavy (non-hydrogen) atoms. The molecular weight excluding hydrogens is 254 g/mol. The summed E-state index contributed by atoms with van der Waals surface area (Å²) < 4.78 is 4.96. The topological polar surface area (TPSA) is 58.6 Å². The molecule has 0 aliphatic carbocycles. The molecule has 0 aromatic heterocycles. The number of carbonyl (C=O) groups is 1. The molecule has 1 rings (SSSR count). The maximum absolute atomic E-state index is 12.0. The van der Waals surface area contributed by atoms with Crippen molar-refractivity contribution in [1.29, 1.82) is 0 Å². The van der Waals surface area contributed by atoms with Gasteiger partial charge in [-0.25, -0.2) is 0 Å². The fourth-order valence-electron chi connectivity index (χ4n) is 1.50. The zero-order chi connectivity index (χ0) is 13.8. The number of phenolic OH excluding ortho intramolecular Hbond substituents is 1. The van der Waals surface area contributed by atoms with Crippen LogP contribution in [0.4, 0.5) is 0 Å². The van der Waals surface area contributed by atoms with Gasteiger partial charge in [-0.05, 0) is 32.4 Å². The van der Waals surface area contributed by atoms with Crippen molar-refractivity contribution in [3.05, 3.63) is 23.8 Å². The number of hydrogen-bond acceptors (Lipinski definition) is 3. The van der Waals surface area contributed by atoms with Crippen molar-refractivity contribution in [3.63, 3.8) is 0 Å². The van der Waals surface area contributed by atoms with Crippen molar-refractivity contribution in [3.8, 4) is 11.5 Å². The Morgan fingerprint density at radius 2 is 2.17 bits per heavy atom. The molecule has 0 aliphatic heterocycles. The van der Waals surface area contributed by atoms with E-state index < -0.39 is 5.54 Å². The van der Waals surface area contributed by atoms with E-state index in [-0.39, 0.29) is 17.2 Å². The third-order valence-corrected chi connectivity index (χ3v) is 2.81. The molecule has 4 nitrogen and oxygen atoms in total. The van der Waals surface area contributed by atoms with Crippen LogP contribution in [-0.2, 0) is 0 Å². The molecule has 100 valence electrons. The number of hydrogen-bond donors (Lipinski definition) is 2. The fourth-order valence-corrected chi connectivity index (χ4v) is 1.98. The first-order chi connectivity index (χ1) is 8.39. The van der Waals surface area contributed by atoms with E-state index >= 15 is 0 Å². The monoisotopic (exact) mass is 271 g/mol. The maximum atomic E-state index is 12.0. The molecule has 0 aliphatic rings. The Morgan fingerprint density at radius 1 is 1.50 bits per heavy atom. The number of benzene rings is 1. The predicted octanol–water partition coefficient (Wildman–Crippen LogP) is 2.54. The van der Waals surface area contributed by atoms with Crippen LogP contribution in [0.2, 0.25) is 0 Å². The number of ether oxygens (including phenoxy) is 1. The molecule has 0 spiro atoms. The van der Waals surface area contributed by atoms with Gasteiger partial charge in [-0.3, -0.25) is 4.79 Å². The molecule has 1 amide bonds. The van der Waals surface area contributed by atoms with E-state index in [9.17, 15) is 9.90 Å². The molecule has 1 aromatic carbocycles. The summed E-state index contributed by atoms with van der Waals surface area (Å²) in [6.45, 7) is 3.77. The Labute approximate surface area is 112 Å². The van der Waals surface area contributed by atoms with Crippen LogP contribution in [0.1, 0.15) is 30.6 Å². The number of nitrogens with one attached hydrogen (secondary N) is 1. The summed E-state index contributed by atoms with van der Waals surface area (Å²) >= 11 is 5.67. The largest absolute Gasteiger partial charge is 0.507 e. The van der Waals surface area contributed by atoms with Gasteiger partial charge in [-0.2, -0.15) is 0 Å². The number of alkyl halides is 1. The summed E-state index contributed by atoms with van der Waals surface area (Å²) in [6.07, 6.45) is 0.650. The number of rotatable bonds is 5. The van der Waals surface area contributed by atoms with E-state index in [1.807, 2.05) is 13.8 Å². The molecule has 0 saturated carbocycles. The van der Waals surface area contributed by atoms with Gasteiger partial charge in [0.25, 0.3) is 5.91 Å². The zero-order valence-electron chi connectivity index (χ0n) is 10.8. The van der Waals surface area contributed by atoms with Gasteiger partial charge < -0.3 is 15.2 Å². The normalized spacial score (nSPS) is 11.1. The van der Waals surface area contributed by atoms with Crippen LogP contribution in [0.5, 0.6) is 11.5 Å². The van der Waals surface area contributed by atoms with Crippen LogP contribution in [0.15, 0.2) is 18.2 Å². The Morgan fingerprint density at radius 3 is 2.67 bits per heavy atom. The molecule has 0 fully saturated rings. The summed E-state index contributed by atoms with van der Waals surface area (Å²) in [5, 5.41) is 12.6. The molecule has 0 radical (unpaired) electrons. The van der Waals surface area contributed by atoms with Crippen LogP contribution in [0, 0.1) is 0 Å². The lowest BCUT2D eigenvalue weighted by atomic mass is 10.0. The van der Waals surface area contributed by atoms with Crippen molar-refractivity contribution in [2.24, 2.45) is 0 Å². The van der Waals surface area contributed by atoms with Gasteiger partial charge >= 0.3 is 0 Å². The average molecular weight is 272 g/mol. The van der Waals surface area contributed by atoms with E-state index in [2.05, 4.69) is 5.32 Å². The molecule has 1 aromatic rings. The average Bonchev–Trinajstić information content (AvgIpc) is 2.27. The minimum absolute atomic E-state index is 0.103. The molecule has 0 saturated heterocycles. The zero-order valence-corrected chi connectivity index (χ0v) is 11.5. The van der Waals surface area contributed by atoms with Crippen LogP contribution in [0.3, 0.4) is 0 Å². The number of carbonyl (C=O) groups excluding carboxylic acids is 1. The SMILES string of the molecule is COc1ccc(C(=O)NC(C)(C)CCCl)c(O)c1. The van der Waals surface area contributed by atoms with E-state index in [1.54, 1.807) is 6.07 Å². The number of halogens is 1. The second-order valence-corrected chi connectivity index (χ2v) is 5.04.